The van der Waals surface area contributed by atoms with Crippen LogP contribution in [0.2, 0.25) is 36.3 Å². The molecular formula is C17H36O4Si2. The molecule has 0 radical (unpaired) electrons. The van der Waals surface area contributed by atoms with E-state index in [0.717, 1.165) is 0 Å². The normalized spacial score (nSPS) is 13.9. The first kappa shape index (κ1) is 22.4. The van der Waals surface area contributed by atoms with E-state index in [2.05, 4.69) is 41.5 Å². The van der Waals surface area contributed by atoms with Crippen molar-refractivity contribution in [2.24, 2.45) is 5.92 Å². The zero-order valence-corrected chi connectivity index (χ0v) is 18.9. The molecule has 0 fully saturated rings. The van der Waals surface area contributed by atoms with Crippen LogP contribution in [0.15, 0.2) is 0 Å². The van der Waals surface area contributed by atoms with Gasteiger partial charge in [-0.15, -0.1) is 0 Å². The zero-order valence-electron chi connectivity index (χ0n) is 16.9. The van der Waals surface area contributed by atoms with Crippen molar-refractivity contribution < 1.29 is 18.4 Å². The number of hydrogen-bond acceptors (Lipinski definition) is 4. The number of carbonyl (C=O) groups excluding carboxylic acids is 2. The van der Waals surface area contributed by atoms with Gasteiger partial charge in [-0.25, -0.2) is 0 Å². The maximum atomic E-state index is 12.5. The van der Waals surface area contributed by atoms with Gasteiger partial charge in [0, 0.05) is 0 Å². The summed E-state index contributed by atoms with van der Waals surface area (Å²) in [6, 6.07) is 0. The number of carbonyl (C=O) groups is 2. The van der Waals surface area contributed by atoms with Gasteiger partial charge in [0.15, 0.2) is 5.92 Å². The molecule has 0 N–H and O–H groups in total. The fourth-order valence-corrected chi connectivity index (χ4v) is 3.28. The Morgan fingerprint density at radius 2 is 1.04 bits per heavy atom. The largest absolute Gasteiger partial charge is 0.518 e. The standard InChI is InChI=1S/C17H36O4Si2/c1-12-13(14(18)20-22(8,9)16(2,3)4)15(19)21-23(10,11)17(5,6)7/h13H,12H2,1-11H3. The maximum Gasteiger partial charge on any atom is 0.306 e. The smallest absolute Gasteiger partial charge is 0.306 e. The molecule has 0 aromatic heterocycles. The lowest BCUT2D eigenvalue weighted by Gasteiger charge is -2.38. The van der Waals surface area contributed by atoms with Crippen LogP contribution >= 0.6 is 0 Å². The Hall–Kier alpha value is -0.626. The van der Waals surface area contributed by atoms with Gasteiger partial charge in [-0.2, -0.15) is 0 Å². The summed E-state index contributed by atoms with van der Waals surface area (Å²) in [6.45, 7) is 22.3. The van der Waals surface area contributed by atoms with E-state index in [1.165, 1.54) is 0 Å². The van der Waals surface area contributed by atoms with Crippen LogP contribution in [-0.4, -0.2) is 28.6 Å². The molecular weight excluding hydrogens is 324 g/mol. The van der Waals surface area contributed by atoms with Gasteiger partial charge in [0.2, 0.25) is 0 Å². The summed E-state index contributed by atoms with van der Waals surface area (Å²) in [5, 5.41) is -0.158. The van der Waals surface area contributed by atoms with E-state index in [1.54, 1.807) is 0 Å². The second-order valence-electron chi connectivity index (χ2n) is 9.32. The van der Waals surface area contributed by atoms with E-state index in [9.17, 15) is 9.59 Å². The van der Waals surface area contributed by atoms with E-state index >= 15 is 0 Å². The third-order valence-electron chi connectivity index (χ3n) is 5.30. The highest BCUT2D eigenvalue weighted by molar-refractivity contribution is 6.76. The Kier molecular flexibility index (Phi) is 6.90. The average molecular weight is 361 g/mol. The molecule has 136 valence electrons. The molecule has 0 saturated heterocycles. The first-order valence-corrected chi connectivity index (χ1v) is 14.2. The van der Waals surface area contributed by atoms with Crippen LogP contribution in [-0.2, 0) is 18.4 Å². The molecule has 6 heteroatoms. The van der Waals surface area contributed by atoms with Crippen LogP contribution in [0.4, 0.5) is 0 Å². The van der Waals surface area contributed by atoms with Gasteiger partial charge in [0.1, 0.15) is 0 Å². The molecule has 23 heavy (non-hydrogen) atoms. The minimum atomic E-state index is -2.23. The molecule has 0 amide bonds. The number of rotatable bonds is 5. The summed E-state index contributed by atoms with van der Waals surface area (Å²) in [7, 11) is -4.47. The molecule has 0 aromatic rings. The zero-order chi connectivity index (χ0) is 18.9. The Bertz CT molecular complexity index is 402. The molecule has 0 aliphatic carbocycles. The fourth-order valence-electron chi connectivity index (χ4n) is 1.38. The second kappa shape index (κ2) is 7.09. The molecule has 0 aromatic carbocycles. The molecule has 0 atom stereocenters. The van der Waals surface area contributed by atoms with Gasteiger partial charge in [0.05, 0.1) is 0 Å². The molecule has 0 saturated carbocycles. The SMILES string of the molecule is CCC(C(=O)O[Si](C)(C)C(C)(C)C)C(=O)O[Si](C)(C)C(C)(C)C. The van der Waals surface area contributed by atoms with E-state index in [1.807, 2.05) is 33.1 Å². The molecule has 0 heterocycles. The van der Waals surface area contributed by atoms with Crippen LogP contribution in [0, 0.1) is 5.92 Å². The summed E-state index contributed by atoms with van der Waals surface area (Å²) in [5.74, 6) is -1.68. The molecule has 0 rings (SSSR count). The first-order valence-electron chi connectivity index (χ1n) is 8.42. The lowest BCUT2D eigenvalue weighted by Crippen LogP contribution is -2.48. The third-order valence-corrected chi connectivity index (χ3v) is 13.9. The van der Waals surface area contributed by atoms with Crippen molar-refractivity contribution in [2.45, 2.75) is 91.2 Å². The molecule has 0 bridgehead atoms. The summed E-state index contributed by atoms with van der Waals surface area (Å²) >= 11 is 0. The Balaban J connectivity index is 5.17. The van der Waals surface area contributed by atoms with Crippen molar-refractivity contribution in [3.05, 3.63) is 0 Å². The average Bonchev–Trinajstić information content (AvgIpc) is 2.24. The van der Waals surface area contributed by atoms with Crippen molar-refractivity contribution in [1.29, 1.82) is 0 Å². The molecule has 4 nitrogen and oxygen atoms in total. The highest BCUT2D eigenvalue weighted by atomic mass is 28.4. The predicted molar refractivity (Wildman–Crippen MR) is 100 cm³/mol. The summed E-state index contributed by atoms with van der Waals surface area (Å²) in [4.78, 5) is 25.1. The molecule has 0 spiro atoms. The van der Waals surface area contributed by atoms with Gasteiger partial charge >= 0.3 is 11.9 Å². The number of hydrogen-bond donors (Lipinski definition) is 0. The predicted octanol–water partition coefficient (Wildman–Crippen LogP) is 5.11. The van der Waals surface area contributed by atoms with Crippen LogP contribution in [0.25, 0.3) is 0 Å². The van der Waals surface area contributed by atoms with Crippen molar-refractivity contribution in [3.8, 4) is 0 Å². The lowest BCUT2D eigenvalue weighted by molar-refractivity contribution is -0.152. The topological polar surface area (TPSA) is 52.6 Å². The quantitative estimate of drug-likeness (QED) is 0.505. The van der Waals surface area contributed by atoms with Crippen molar-refractivity contribution in [1.82, 2.24) is 0 Å². The summed E-state index contributed by atoms with van der Waals surface area (Å²) in [5.41, 5.74) is 0. The van der Waals surface area contributed by atoms with Gasteiger partial charge < -0.3 is 8.85 Å². The van der Waals surface area contributed by atoms with Gasteiger partial charge in [-0.3, -0.25) is 9.59 Å². The minimum absolute atomic E-state index is 0.0791. The van der Waals surface area contributed by atoms with Crippen LogP contribution < -0.4 is 0 Å². The maximum absolute atomic E-state index is 12.5. The molecule has 0 aliphatic heterocycles. The van der Waals surface area contributed by atoms with Crippen molar-refractivity contribution in [3.63, 3.8) is 0 Å². The van der Waals surface area contributed by atoms with Crippen LogP contribution in [0.1, 0.15) is 54.9 Å². The van der Waals surface area contributed by atoms with Crippen molar-refractivity contribution >= 4 is 28.6 Å². The molecule has 0 aliphatic rings. The highest BCUT2D eigenvalue weighted by Gasteiger charge is 2.45. The van der Waals surface area contributed by atoms with Crippen molar-refractivity contribution in [2.75, 3.05) is 0 Å². The fraction of sp³-hybridized carbons (Fsp3) is 0.882. The Labute approximate surface area is 144 Å². The first-order chi connectivity index (χ1) is 9.96. The highest BCUT2D eigenvalue weighted by Crippen LogP contribution is 2.39. The second-order valence-corrected chi connectivity index (χ2v) is 18.8. The van der Waals surface area contributed by atoms with Gasteiger partial charge in [-0.1, -0.05) is 48.5 Å². The van der Waals surface area contributed by atoms with E-state index in [-0.39, 0.29) is 10.1 Å². The summed E-state index contributed by atoms with van der Waals surface area (Å²) < 4.78 is 11.6. The lowest BCUT2D eigenvalue weighted by atomic mass is 10.1. The third kappa shape index (κ3) is 5.74. The van der Waals surface area contributed by atoms with E-state index < -0.39 is 34.5 Å². The molecule has 0 unspecified atom stereocenters. The Morgan fingerprint density at radius 3 is 1.22 bits per heavy atom. The van der Waals surface area contributed by atoms with E-state index in [0.29, 0.717) is 6.42 Å². The van der Waals surface area contributed by atoms with Crippen LogP contribution in [0.5, 0.6) is 0 Å². The monoisotopic (exact) mass is 360 g/mol. The summed E-state index contributed by atoms with van der Waals surface area (Å²) in [6.07, 6.45) is 0.404. The van der Waals surface area contributed by atoms with Gasteiger partial charge in [-0.05, 0) is 42.7 Å². The van der Waals surface area contributed by atoms with Crippen LogP contribution in [0.3, 0.4) is 0 Å². The minimum Gasteiger partial charge on any atom is -0.518 e. The van der Waals surface area contributed by atoms with E-state index in [4.69, 9.17) is 8.85 Å². The Morgan fingerprint density at radius 1 is 0.783 bits per heavy atom. The van der Waals surface area contributed by atoms with Gasteiger partial charge in [0.25, 0.3) is 16.6 Å².